The smallest absolute Gasteiger partial charge is 0.255 e. The number of aliphatic hydroxyl groups is 1. The number of aromatic hydroxyl groups is 1. The molecule has 0 unspecified atom stereocenters. The maximum absolute atomic E-state index is 11.8. The van der Waals surface area contributed by atoms with Gasteiger partial charge in [-0.3, -0.25) is 4.79 Å². The fourth-order valence-electron chi connectivity index (χ4n) is 1.77. The van der Waals surface area contributed by atoms with Crippen molar-refractivity contribution in [1.82, 2.24) is 5.32 Å². The highest BCUT2D eigenvalue weighted by molar-refractivity contribution is 6.03. The van der Waals surface area contributed by atoms with E-state index in [4.69, 9.17) is 5.11 Å². The lowest BCUT2D eigenvalue weighted by molar-refractivity contribution is 0.0921. The van der Waals surface area contributed by atoms with Crippen LogP contribution in [0.5, 0.6) is 5.75 Å². The Morgan fingerprint density at radius 2 is 2.00 bits per heavy atom. The van der Waals surface area contributed by atoms with Crippen molar-refractivity contribution >= 4 is 16.7 Å². The zero-order valence-electron chi connectivity index (χ0n) is 10.1. The standard InChI is InChI=1S/C14H15NO3/c1-9(16)8-15-14(18)12-7-6-10-4-2-3-5-11(10)13(12)17/h2-7,9,16-17H,8H2,1H3,(H,15,18)/t9-/m0/s1. The van der Waals surface area contributed by atoms with Crippen LogP contribution in [0, 0.1) is 0 Å². The number of amides is 1. The van der Waals surface area contributed by atoms with Crippen molar-refractivity contribution < 1.29 is 15.0 Å². The Labute approximate surface area is 105 Å². The molecule has 0 spiro atoms. The first-order chi connectivity index (χ1) is 8.59. The summed E-state index contributed by atoms with van der Waals surface area (Å²) in [6, 6.07) is 10.7. The number of phenolic OH excluding ortho intramolecular Hbond substituents is 1. The monoisotopic (exact) mass is 245 g/mol. The Morgan fingerprint density at radius 1 is 1.28 bits per heavy atom. The topological polar surface area (TPSA) is 69.6 Å². The van der Waals surface area contributed by atoms with Gasteiger partial charge in [0.15, 0.2) is 0 Å². The van der Waals surface area contributed by atoms with E-state index < -0.39 is 6.10 Å². The molecule has 3 N–H and O–H groups in total. The minimum absolute atomic E-state index is 0.0313. The first kappa shape index (κ1) is 12.4. The molecule has 4 nitrogen and oxygen atoms in total. The summed E-state index contributed by atoms with van der Waals surface area (Å²) in [4.78, 5) is 11.8. The van der Waals surface area contributed by atoms with Crippen LogP contribution in [0.15, 0.2) is 36.4 Å². The van der Waals surface area contributed by atoms with Crippen LogP contribution in [0.3, 0.4) is 0 Å². The summed E-state index contributed by atoms with van der Waals surface area (Å²) in [5, 5.41) is 23.2. The number of hydrogen-bond acceptors (Lipinski definition) is 3. The van der Waals surface area contributed by atoms with Gasteiger partial charge in [0.05, 0.1) is 11.7 Å². The van der Waals surface area contributed by atoms with Gasteiger partial charge in [0.25, 0.3) is 5.91 Å². The van der Waals surface area contributed by atoms with Crippen LogP contribution < -0.4 is 5.32 Å². The molecule has 0 aliphatic rings. The predicted molar refractivity (Wildman–Crippen MR) is 69.6 cm³/mol. The highest BCUT2D eigenvalue weighted by Gasteiger charge is 2.13. The lowest BCUT2D eigenvalue weighted by atomic mass is 10.0. The molecular weight excluding hydrogens is 230 g/mol. The maximum Gasteiger partial charge on any atom is 0.255 e. The molecule has 4 heteroatoms. The summed E-state index contributed by atoms with van der Waals surface area (Å²) in [7, 11) is 0. The van der Waals surface area contributed by atoms with Gasteiger partial charge < -0.3 is 15.5 Å². The molecule has 2 aromatic rings. The minimum Gasteiger partial charge on any atom is -0.506 e. The van der Waals surface area contributed by atoms with Gasteiger partial charge in [0, 0.05) is 11.9 Å². The highest BCUT2D eigenvalue weighted by Crippen LogP contribution is 2.28. The molecule has 0 bridgehead atoms. The lowest BCUT2D eigenvalue weighted by Crippen LogP contribution is -2.30. The van der Waals surface area contributed by atoms with Crippen molar-refractivity contribution in [2.45, 2.75) is 13.0 Å². The average Bonchev–Trinajstić information content (AvgIpc) is 2.37. The van der Waals surface area contributed by atoms with Gasteiger partial charge >= 0.3 is 0 Å². The van der Waals surface area contributed by atoms with Crippen LogP contribution in [0.1, 0.15) is 17.3 Å². The number of nitrogens with one attached hydrogen (secondary N) is 1. The molecule has 0 aromatic heterocycles. The summed E-state index contributed by atoms with van der Waals surface area (Å²) >= 11 is 0. The van der Waals surface area contributed by atoms with E-state index in [0.29, 0.717) is 5.39 Å². The molecule has 0 aliphatic heterocycles. The second kappa shape index (κ2) is 5.06. The van der Waals surface area contributed by atoms with Crippen LogP contribution in [-0.4, -0.2) is 28.8 Å². The van der Waals surface area contributed by atoms with Gasteiger partial charge in [-0.15, -0.1) is 0 Å². The van der Waals surface area contributed by atoms with Gasteiger partial charge in [-0.2, -0.15) is 0 Å². The molecule has 2 aromatic carbocycles. The second-order valence-electron chi connectivity index (χ2n) is 4.24. The van der Waals surface area contributed by atoms with Crippen molar-refractivity contribution in [2.75, 3.05) is 6.54 Å². The van der Waals surface area contributed by atoms with Crippen molar-refractivity contribution in [1.29, 1.82) is 0 Å². The molecule has 0 saturated heterocycles. The summed E-state index contributed by atoms with van der Waals surface area (Å²) < 4.78 is 0. The van der Waals surface area contributed by atoms with Crippen LogP contribution in [0.4, 0.5) is 0 Å². The number of hydrogen-bond donors (Lipinski definition) is 3. The Hall–Kier alpha value is -2.07. The molecule has 1 atom stereocenters. The molecule has 0 fully saturated rings. The van der Waals surface area contributed by atoms with Crippen molar-refractivity contribution in [3.8, 4) is 5.75 Å². The fraction of sp³-hybridized carbons (Fsp3) is 0.214. The molecule has 94 valence electrons. The molecule has 0 aliphatic carbocycles. The third-order valence-corrected chi connectivity index (χ3v) is 2.70. The van der Waals surface area contributed by atoms with E-state index in [1.54, 1.807) is 31.2 Å². The number of carbonyl (C=O) groups excluding carboxylic acids is 1. The summed E-state index contributed by atoms with van der Waals surface area (Å²) in [5.41, 5.74) is 0.217. The molecule has 18 heavy (non-hydrogen) atoms. The normalized spacial score (nSPS) is 12.3. The van der Waals surface area contributed by atoms with Gasteiger partial charge in [0.2, 0.25) is 0 Å². The Bertz CT molecular complexity index is 578. The maximum atomic E-state index is 11.8. The van der Waals surface area contributed by atoms with E-state index in [0.717, 1.165) is 5.39 Å². The highest BCUT2D eigenvalue weighted by atomic mass is 16.3. The van der Waals surface area contributed by atoms with Gasteiger partial charge in [-0.05, 0) is 18.4 Å². The second-order valence-corrected chi connectivity index (χ2v) is 4.24. The molecule has 1 amide bonds. The molecular formula is C14H15NO3. The summed E-state index contributed by atoms with van der Waals surface area (Å²) in [6.45, 7) is 1.74. The zero-order chi connectivity index (χ0) is 13.1. The van der Waals surface area contributed by atoms with Crippen molar-refractivity contribution in [3.63, 3.8) is 0 Å². The van der Waals surface area contributed by atoms with Crippen LogP contribution in [0.25, 0.3) is 10.8 Å². The molecule has 2 rings (SSSR count). The lowest BCUT2D eigenvalue weighted by Gasteiger charge is -2.10. The number of carbonyl (C=O) groups is 1. The number of phenols is 1. The first-order valence-corrected chi connectivity index (χ1v) is 5.76. The Balaban J connectivity index is 2.34. The first-order valence-electron chi connectivity index (χ1n) is 5.76. The number of rotatable bonds is 3. The predicted octanol–water partition coefficient (Wildman–Crippen LogP) is 1.66. The van der Waals surface area contributed by atoms with E-state index >= 15 is 0 Å². The Morgan fingerprint density at radius 3 is 2.72 bits per heavy atom. The van der Waals surface area contributed by atoms with Gasteiger partial charge in [-0.1, -0.05) is 30.3 Å². The third-order valence-electron chi connectivity index (χ3n) is 2.70. The van der Waals surface area contributed by atoms with E-state index in [1.165, 1.54) is 0 Å². The van der Waals surface area contributed by atoms with Crippen molar-refractivity contribution in [2.24, 2.45) is 0 Å². The average molecular weight is 245 g/mol. The van der Waals surface area contributed by atoms with E-state index in [2.05, 4.69) is 5.32 Å². The fourth-order valence-corrected chi connectivity index (χ4v) is 1.77. The Kier molecular flexibility index (Phi) is 3.48. The van der Waals surface area contributed by atoms with E-state index in [9.17, 15) is 9.90 Å². The SMILES string of the molecule is C[C@H](O)CNC(=O)c1ccc2ccccc2c1O. The number of fused-ring (bicyclic) bond motifs is 1. The number of benzene rings is 2. The third kappa shape index (κ3) is 2.43. The molecule has 0 heterocycles. The largest absolute Gasteiger partial charge is 0.506 e. The molecule has 0 saturated carbocycles. The van der Waals surface area contributed by atoms with Gasteiger partial charge in [-0.25, -0.2) is 0 Å². The molecule has 0 radical (unpaired) electrons. The van der Waals surface area contributed by atoms with E-state index in [1.807, 2.05) is 12.1 Å². The zero-order valence-corrected chi connectivity index (χ0v) is 10.1. The van der Waals surface area contributed by atoms with E-state index in [-0.39, 0.29) is 23.8 Å². The van der Waals surface area contributed by atoms with Crippen LogP contribution in [0.2, 0.25) is 0 Å². The quantitative estimate of drug-likeness (QED) is 0.770. The van der Waals surface area contributed by atoms with Crippen LogP contribution in [-0.2, 0) is 0 Å². The van der Waals surface area contributed by atoms with Gasteiger partial charge in [0.1, 0.15) is 5.75 Å². The van der Waals surface area contributed by atoms with Crippen molar-refractivity contribution in [3.05, 3.63) is 42.0 Å². The summed E-state index contributed by atoms with van der Waals surface area (Å²) in [5.74, 6) is -0.421. The summed E-state index contributed by atoms with van der Waals surface area (Å²) in [6.07, 6.45) is -0.614. The number of aliphatic hydroxyl groups excluding tert-OH is 1. The minimum atomic E-state index is -0.614. The van der Waals surface area contributed by atoms with Crippen LogP contribution >= 0.6 is 0 Å².